The summed E-state index contributed by atoms with van der Waals surface area (Å²) < 4.78 is 11.4. The van der Waals surface area contributed by atoms with E-state index in [-0.39, 0.29) is 12.3 Å². The smallest absolute Gasteiger partial charge is 0.244 e. The minimum Gasteiger partial charge on any atom is -0.493 e. The number of hydrazone groups is 1. The molecule has 142 valence electrons. The highest BCUT2D eigenvalue weighted by Crippen LogP contribution is 2.30. The Morgan fingerprint density at radius 1 is 0.929 bits per heavy atom. The predicted molar refractivity (Wildman–Crippen MR) is 110 cm³/mol. The molecule has 0 aliphatic rings. The first kappa shape index (κ1) is 19.2. The van der Waals surface area contributed by atoms with Crippen LogP contribution in [0.5, 0.6) is 11.5 Å². The molecule has 0 unspecified atom stereocenters. The van der Waals surface area contributed by atoms with E-state index in [4.69, 9.17) is 9.47 Å². The van der Waals surface area contributed by atoms with Gasteiger partial charge >= 0.3 is 0 Å². The number of nitrogens with one attached hydrogen (secondary N) is 1. The summed E-state index contributed by atoms with van der Waals surface area (Å²) in [7, 11) is 1.59. The number of carbonyl (C=O) groups is 1. The molecule has 5 heteroatoms. The second kappa shape index (κ2) is 9.92. The molecule has 0 aliphatic heterocycles. The standard InChI is InChI=1S/C23H22N2O3/c1-27-21-14-8-13-20(23(21)28-17-19-11-6-3-7-12-19)16-24-25-22(26)15-18-9-4-2-5-10-18/h2-14,16H,15,17H2,1H3,(H,25,26)/b24-16-. The largest absolute Gasteiger partial charge is 0.493 e. The molecule has 0 bridgehead atoms. The van der Waals surface area contributed by atoms with Crippen LogP contribution in [0.1, 0.15) is 16.7 Å². The van der Waals surface area contributed by atoms with Crippen LogP contribution in [0.2, 0.25) is 0 Å². The Bertz CT molecular complexity index is 925. The fraction of sp³-hybridized carbons (Fsp3) is 0.130. The molecule has 5 nitrogen and oxygen atoms in total. The fourth-order valence-corrected chi connectivity index (χ4v) is 2.67. The molecule has 0 aliphatic carbocycles. The van der Waals surface area contributed by atoms with Crippen molar-refractivity contribution in [1.82, 2.24) is 5.43 Å². The number of amides is 1. The summed E-state index contributed by atoms with van der Waals surface area (Å²) in [5.74, 6) is 1.00. The Labute approximate surface area is 164 Å². The van der Waals surface area contributed by atoms with Crippen molar-refractivity contribution in [2.75, 3.05) is 7.11 Å². The second-order valence-corrected chi connectivity index (χ2v) is 6.11. The third kappa shape index (κ3) is 5.45. The first-order valence-corrected chi connectivity index (χ1v) is 8.96. The molecular weight excluding hydrogens is 352 g/mol. The van der Waals surface area contributed by atoms with Crippen molar-refractivity contribution in [3.8, 4) is 11.5 Å². The lowest BCUT2D eigenvalue weighted by Gasteiger charge is -2.13. The third-order valence-corrected chi connectivity index (χ3v) is 4.06. The maximum atomic E-state index is 12.0. The van der Waals surface area contributed by atoms with Crippen molar-refractivity contribution in [3.63, 3.8) is 0 Å². The molecule has 0 spiro atoms. The second-order valence-electron chi connectivity index (χ2n) is 6.11. The van der Waals surface area contributed by atoms with E-state index in [1.807, 2.05) is 78.9 Å². The van der Waals surface area contributed by atoms with Crippen LogP contribution >= 0.6 is 0 Å². The summed E-state index contributed by atoms with van der Waals surface area (Å²) in [5.41, 5.74) is 5.25. The Hall–Kier alpha value is -3.60. The maximum absolute atomic E-state index is 12.0. The molecule has 1 N–H and O–H groups in total. The number of benzene rings is 3. The highest BCUT2D eigenvalue weighted by molar-refractivity contribution is 5.86. The molecule has 0 fully saturated rings. The van der Waals surface area contributed by atoms with Gasteiger partial charge in [0.25, 0.3) is 0 Å². The van der Waals surface area contributed by atoms with Crippen LogP contribution in [0, 0.1) is 0 Å². The Balaban J connectivity index is 1.67. The number of hydrogen-bond donors (Lipinski definition) is 1. The van der Waals surface area contributed by atoms with Crippen molar-refractivity contribution >= 4 is 12.1 Å². The van der Waals surface area contributed by atoms with Crippen molar-refractivity contribution in [2.45, 2.75) is 13.0 Å². The Kier molecular flexibility index (Phi) is 6.79. The minimum absolute atomic E-state index is 0.183. The van der Waals surface area contributed by atoms with Gasteiger partial charge in [-0.1, -0.05) is 66.7 Å². The van der Waals surface area contributed by atoms with E-state index >= 15 is 0 Å². The fourth-order valence-electron chi connectivity index (χ4n) is 2.67. The zero-order valence-corrected chi connectivity index (χ0v) is 15.7. The molecule has 28 heavy (non-hydrogen) atoms. The molecule has 0 aromatic heterocycles. The van der Waals surface area contributed by atoms with Crippen LogP contribution in [0.4, 0.5) is 0 Å². The summed E-state index contributed by atoms with van der Waals surface area (Å²) in [4.78, 5) is 12.0. The number of nitrogens with zero attached hydrogens (tertiary/aromatic N) is 1. The quantitative estimate of drug-likeness (QED) is 0.479. The number of methoxy groups -OCH3 is 1. The van der Waals surface area contributed by atoms with Gasteiger partial charge in [-0.25, -0.2) is 5.43 Å². The van der Waals surface area contributed by atoms with Crippen LogP contribution < -0.4 is 14.9 Å². The third-order valence-electron chi connectivity index (χ3n) is 4.06. The van der Waals surface area contributed by atoms with Crippen molar-refractivity contribution in [2.24, 2.45) is 5.10 Å². The lowest BCUT2D eigenvalue weighted by molar-refractivity contribution is -0.120. The first-order valence-electron chi connectivity index (χ1n) is 8.96. The summed E-state index contributed by atoms with van der Waals surface area (Å²) in [6.45, 7) is 0.405. The van der Waals surface area contributed by atoms with Crippen LogP contribution in [0.3, 0.4) is 0 Å². The summed E-state index contributed by atoms with van der Waals surface area (Å²) in [6, 6.07) is 24.9. The average molecular weight is 374 g/mol. The molecule has 1 amide bonds. The predicted octanol–water partition coefficient (Wildman–Crippen LogP) is 3.97. The molecule has 0 heterocycles. The van der Waals surface area contributed by atoms with E-state index in [1.54, 1.807) is 13.3 Å². The molecule has 0 saturated heterocycles. The number of rotatable bonds is 8. The van der Waals surface area contributed by atoms with E-state index in [2.05, 4.69) is 10.5 Å². The van der Waals surface area contributed by atoms with Gasteiger partial charge < -0.3 is 9.47 Å². The van der Waals surface area contributed by atoms with Crippen LogP contribution in [-0.2, 0) is 17.8 Å². The molecule has 3 aromatic rings. The highest BCUT2D eigenvalue weighted by atomic mass is 16.5. The van der Waals surface area contributed by atoms with Gasteiger partial charge in [0, 0.05) is 5.56 Å². The molecule has 0 radical (unpaired) electrons. The summed E-state index contributed by atoms with van der Waals surface area (Å²) >= 11 is 0. The Morgan fingerprint density at radius 2 is 1.61 bits per heavy atom. The molecule has 0 atom stereocenters. The number of ether oxygens (including phenoxy) is 2. The van der Waals surface area contributed by atoms with Crippen LogP contribution in [0.15, 0.2) is 84.0 Å². The summed E-state index contributed by atoms with van der Waals surface area (Å²) in [5, 5.41) is 4.07. The average Bonchev–Trinajstić information content (AvgIpc) is 2.74. The molecule has 3 rings (SSSR count). The van der Waals surface area contributed by atoms with Gasteiger partial charge in [0.2, 0.25) is 5.91 Å². The lowest BCUT2D eigenvalue weighted by Crippen LogP contribution is -2.19. The van der Waals surface area contributed by atoms with Gasteiger partial charge in [0.15, 0.2) is 11.5 Å². The van der Waals surface area contributed by atoms with Gasteiger partial charge in [-0.2, -0.15) is 5.10 Å². The lowest BCUT2D eigenvalue weighted by atomic mass is 10.1. The minimum atomic E-state index is -0.183. The number of hydrogen-bond acceptors (Lipinski definition) is 4. The number of carbonyl (C=O) groups excluding carboxylic acids is 1. The van der Waals surface area contributed by atoms with E-state index in [0.29, 0.717) is 18.1 Å². The van der Waals surface area contributed by atoms with Gasteiger partial charge in [0.05, 0.1) is 19.7 Å². The van der Waals surface area contributed by atoms with Gasteiger partial charge in [0.1, 0.15) is 6.61 Å². The zero-order valence-electron chi connectivity index (χ0n) is 15.7. The zero-order chi connectivity index (χ0) is 19.6. The van der Waals surface area contributed by atoms with E-state index in [1.165, 1.54) is 0 Å². The SMILES string of the molecule is COc1cccc(/C=N\NC(=O)Cc2ccccc2)c1OCc1ccccc1. The molecular formula is C23H22N2O3. The molecule has 0 saturated carbocycles. The van der Waals surface area contributed by atoms with Crippen molar-refractivity contribution in [1.29, 1.82) is 0 Å². The number of para-hydroxylation sites is 1. The van der Waals surface area contributed by atoms with E-state index < -0.39 is 0 Å². The van der Waals surface area contributed by atoms with Crippen molar-refractivity contribution < 1.29 is 14.3 Å². The van der Waals surface area contributed by atoms with Crippen LogP contribution in [0.25, 0.3) is 0 Å². The van der Waals surface area contributed by atoms with Gasteiger partial charge in [-0.15, -0.1) is 0 Å². The Morgan fingerprint density at radius 3 is 2.29 bits per heavy atom. The monoisotopic (exact) mass is 374 g/mol. The highest BCUT2D eigenvalue weighted by Gasteiger charge is 2.10. The van der Waals surface area contributed by atoms with Crippen molar-refractivity contribution in [3.05, 3.63) is 95.6 Å². The van der Waals surface area contributed by atoms with Gasteiger partial charge in [-0.05, 0) is 23.3 Å². The first-order chi connectivity index (χ1) is 13.8. The topological polar surface area (TPSA) is 59.9 Å². The maximum Gasteiger partial charge on any atom is 0.244 e. The van der Waals surface area contributed by atoms with Crippen LogP contribution in [-0.4, -0.2) is 19.2 Å². The molecule has 3 aromatic carbocycles. The summed E-state index contributed by atoms with van der Waals surface area (Å²) in [6.07, 6.45) is 1.83. The normalized spacial score (nSPS) is 10.6. The van der Waals surface area contributed by atoms with Gasteiger partial charge in [-0.3, -0.25) is 4.79 Å². The van der Waals surface area contributed by atoms with E-state index in [9.17, 15) is 4.79 Å². The van der Waals surface area contributed by atoms with E-state index in [0.717, 1.165) is 16.7 Å².